The zero-order chi connectivity index (χ0) is 29.3. The first-order valence-electron chi connectivity index (χ1n) is 15.0. The van der Waals surface area contributed by atoms with Crippen LogP contribution in [0.25, 0.3) is 56.4 Å². The molecule has 0 spiro atoms. The fourth-order valence-corrected chi connectivity index (χ4v) is 6.30. The number of hydrogen-bond donors (Lipinski definition) is 0. The van der Waals surface area contributed by atoms with Gasteiger partial charge in [-0.15, -0.1) is 0 Å². The van der Waals surface area contributed by atoms with Crippen LogP contribution in [0.5, 0.6) is 0 Å². The molecule has 8 rings (SSSR count). The maximum Gasteiger partial charge on any atom is 0.164 e. The lowest BCUT2D eigenvalue weighted by molar-refractivity contribution is 1.07. The Morgan fingerprint density at radius 3 is 1.14 bits per heavy atom. The molecule has 3 heteroatoms. The lowest BCUT2D eigenvalue weighted by Gasteiger charge is -2.21. The number of rotatable bonds is 3. The molecule has 1 aromatic heterocycles. The Morgan fingerprint density at radius 1 is 0.295 bits per heavy atom. The van der Waals surface area contributed by atoms with Crippen molar-refractivity contribution >= 4 is 0 Å². The number of fused-ring (bicyclic) bond motifs is 6. The zero-order valence-electron chi connectivity index (χ0n) is 24.2. The largest absolute Gasteiger partial charge is 0.208 e. The van der Waals surface area contributed by atoms with Gasteiger partial charge in [0.15, 0.2) is 17.5 Å². The second kappa shape index (κ2) is 11.2. The van der Waals surface area contributed by atoms with Crippen molar-refractivity contribution in [1.29, 1.82) is 0 Å². The Balaban J connectivity index is 1.33. The Hall–Kier alpha value is -5.67. The highest BCUT2D eigenvalue weighted by Gasteiger charge is 2.19. The van der Waals surface area contributed by atoms with Gasteiger partial charge in [-0.3, -0.25) is 0 Å². The molecule has 0 fully saturated rings. The maximum atomic E-state index is 5.02. The van der Waals surface area contributed by atoms with Crippen LogP contribution >= 0.6 is 0 Å². The summed E-state index contributed by atoms with van der Waals surface area (Å²) in [7, 11) is 0. The van der Waals surface area contributed by atoms with Crippen LogP contribution in [-0.4, -0.2) is 15.0 Å². The van der Waals surface area contributed by atoms with Crippen LogP contribution in [0, 0.1) is 0 Å². The molecule has 0 unspecified atom stereocenters. The Morgan fingerprint density at radius 2 is 0.659 bits per heavy atom. The molecule has 0 saturated heterocycles. The van der Waals surface area contributed by atoms with Crippen LogP contribution in [0.1, 0.15) is 22.3 Å². The van der Waals surface area contributed by atoms with E-state index in [0.29, 0.717) is 17.5 Å². The van der Waals surface area contributed by atoms with Crippen molar-refractivity contribution in [2.75, 3.05) is 0 Å². The van der Waals surface area contributed by atoms with Crippen LogP contribution in [0.15, 0.2) is 152 Å². The molecule has 0 amide bonds. The first kappa shape index (κ1) is 26.0. The first-order valence-corrected chi connectivity index (χ1v) is 15.0. The Kier molecular flexibility index (Phi) is 6.62. The molecular formula is C41H29N3. The van der Waals surface area contributed by atoms with Crippen molar-refractivity contribution in [3.05, 3.63) is 174 Å². The highest BCUT2D eigenvalue weighted by atomic mass is 15.0. The Labute approximate surface area is 257 Å². The van der Waals surface area contributed by atoms with Crippen LogP contribution in [0.4, 0.5) is 0 Å². The number of aromatic nitrogens is 3. The van der Waals surface area contributed by atoms with Gasteiger partial charge in [-0.2, -0.15) is 0 Å². The topological polar surface area (TPSA) is 38.7 Å². The average molecular weight is 564 g/mol. The summed E-state index contributed by atoms with van der Waals surface area (Å²) in [6.07, 6.45) is 1.67. The van der Waals surface area contributed by atoms with E-state index in [1.54, 1.807) is 0 Å². The van der Waals surface area contributed by atoms with Gasteiger partial charge in [-0.25, -0.2) is 15.0 Å². The van der Waals surface area contributed by atoms with Gasteiger partial charge in [0.2, 0.25) is 0 Å². The molecule has 0 bridgehead atoms. The molecule has 1 aliphatic carbocycles. The first-order chi connectivity index (χ1) is 21.8. The molecule has 0 radical (unpaired) electrons. The molecular weight excluding hydrogens is 534 g/mol. The van der Waals surface area contributed by atoms with Crippen molar-refractivity contribution in [3.8, 4) is 56.4 Å². The molecule has 1 heterocycles. The van der Waals surface area contributed by atoms with Crippen LogP contribution in [-0.2, 0) is 12.8 Å². The molecule has 7 aromatic rings. The summed E-state index contributed by atoms with van der Waals surface area (Å²) < 4.78 is 0. The molecule has 1 aliphatic rings. The highest BCUT2D eigenvalue weighted by Crippen LogP contribution is 2.38. The van der Waals surface area contributed by atoms with Crippen LogP contribution < -0.4 is 0 Å². The third kappa shape index (κ3) is 4.89. The number of hydrogen-bond acceptors (Lipinski definition) is 3. The van der Waals surface area contributed by atoms with Gasteiger partial charge in [-0.05, 0) is 63.4 Å². The molecule has 3 nitrogen and oxygen atoms in total. The molecule has 44 heavy (non-hydrogen) atoms. The van der Waals surface area contributed by atoms with Gasteiger partial charge in [-0.1, -0.05) is 146 Å². The molecule has 6 aromatic carbocycles. The zero-order valence-corrected chi connectivity index (χ0v) is 24.2. The summed E-state index contributed by atoms with van der Waals surface area (Å²) in [6.45, 7) is 0. The van der Waals surface area contributed by atoms with E-state index in [1.807, 2.05) is 60.7 Å². The minimum atomic E-state index is 0.668. The van der Waals surface area contributed by atoms with Crippen molar-refractivity contribution in [2.45, 2.75) is 12.8 Å². The summed E-state index contributed by atoms with van der Waals surface area (Å²) in [5, 5.41) is 0. The van der Waals surface area contributed by atoms with Gasteiger partial charge >= 0.3 is 0 Å². The minimum absolute atomic E-state index is 0.668. The van der Waals surface area contributed by atoms with E-state index in [9.17, 15) is 0 Å². The summed E-state index contributed by atoms with van der Waals surface area (Å²) in [5.41, 5.74) is 13.3. The predicted octanol–water partition coefficient (Wildman–Crippen LogP) is 9.70. The lowest BCUT2D eigenvalue weighted by Crippen LogP contribution is -2.04. The summed E-state index contributed by atoms with van der Waals surface area (Å²) in [6, 6.07) is 53.5. The fraction of sp³-hybridized carbons (Fsp3) is 0.0488. The smallest absolute Gasteiger partial charge is 0.164 e. The monoisotopic (exact) mass is 563 g/mol. The number of nitrogens with zero attached hydrogens (tertiary/aromatic N) is 3. The fourth-order valence-electron chi connectivity index (χ4n) is 6.30. The normalized spacial score (nSPS) is 11.9. The Bertz CT molecular complexity index is 2060. The van der Waals surface area contributed by atoms with Crippen LogP contribution in [0.2, 0.25) is 0 Å². The third-order valence-corrected chi connectivity index (χ3v) is 8.46. The van der Waals surface area contributed by atoms with Gasteiger partial charge in [0, 0.05) is 16.7 Å². The van der Waals surface area contributed by atoms with Gasteiger partial charge in [0.05, 0.1) is 0 Å². The van der Waals surface area contributed by atoms with E-state index in [1.165, 1.54) is 44.5 Å². The van der Waals surface area contributed by atoms with Gasteiger partial charge in [0.1, 0.15) is 0 Å². The van der Waals surface area contributed by atoms with E-state index in [4.69, 9.17) is 15.0 Å². The predicted molar refractivity (Wildman–Crippen MR) is 179 cm³/mol. The lowest BCUT2D eigenvalue weighted by atomic mass is 9.83. The van der Waals surface area contributed by atoms with Crippen molar-refractivity contribution < 1.29 is 0 Å². The maximum absolute atomic E-state index is 5.02. The summed E-state index contributed by atoms with van der Waals surface area (Å²) in [4.78, 5) is 14.9. The SMILES string of the molecule is c1ccc(-c2nc(-c3ccccc3)nc(-c3ccc4c(c3)Cc3ccccc3-c3ccccc3Cc3ccccc3-4)n2)cc1. The van der Waals surface area contributed by atoms with Crippen LogP contribution in [0.3, 0.4) is 0 Å². The van der Waals surface area contributed by atoms with Crippen molar-refractivity contribution in [1.82, 2.24) is 15.0 Å². The van der Waals surface area contributed by atoms with Gasteiger partial charge < -0.3 is 0 Å². The van der Waals surface area contributed by atoms with Gasteiger partial charge in [0.25, 0.3) is 0 Å². The highest BCUT2D eigenvalue weighted by molar-refractivity contribution is 5.79. The minimum Gasteiger partial charge on any atom is -0.208 e. The average Bonchev–Trinajstić information content (AvgIpc) is 3.10. The van der Waals surface area contributed by atoms with E-state index in [2.05, 4.69) is 91.0 Å². The summed E-state index contributed by atoms with van der Waals surface area (Å²) in [5.74, 6) is 2.01. The molecule has 0 atom stereocenters. The second-order valence-corrected chi connectivity index (χ2v) is 11.2. The molecule has 208 valence electrons. The molecule has 0 N–H and O–H groups in total. The quantitative estimate of drug-likeness (QED) is 0.215. The van der Waals surface area contributed by atoms with E-state index in [-0.39, 0.29) is 0 Å². The third-order valence-electron chi connectivity index (χ3n) is 8.46. The van der Waals surface area contributed by atoms with E-state index < -0.39 is 0 Å². The molecule has 0 aliphatic heterocycles. The standard InChI is InChI=1S/C41H29N3/c1-3-13-28(14-4-1)39-42-40(29-15-5-2-6-16-29)44-41(43-39)33-23-24-38-34(27-33)26-32-19-9-11-21-36(32)35-20-10-7-17-30(35)25-31-18-8-12-22-37(31)38/h1-24,27H,25-26H2. The van der Waals surface area contributed by atoms with E-state index in [0.717, 1.165) is 29.5 Å². The summed E-state index contributed by atoms with van der Waals surface area (Å²) >= 11 is 0. The second-order valence-electron chi connectivity index (χ2n) is 11.2. The number of benzene rings is 6. The molecule has 0 saturated carbocycles. The van der Waals surface area contributed by atoms with E-state index >= 15 is 0 Å². The van der Waals surface area contributed by atoms with Crippen molar-refractivity contribution in [3.63, 3.8) is 0 Å². The van der Waals surface area contributed by atoms with Crippen molar-refractivity contribution in [2.24, 2.45) is 0 Å².